The fourth-order valence-corrected chi connectivity index (χ4v) is 2.73. The summed E-state index contributed by atoms with van der Waals surface area (Å²) in [6.07, 6.45) is 2.08. The van der Waals surface area contributed by atoms with E-state index in [-0.39, 0.29) is 24.3 Å². The number of halogens is 1. The van der Waals surface area contributed by atoms with Gasteiger partial charge in [0.05, 0.1) is 6.54 Å². The summed E-state index contributed by atoms with van der Waals surface area (Å²) in [6.45, 7) is 4.46. The summed E-state index contributed by atoms with van der Waals surface area (Å²) in [5.41, 5.74) is 6.42. The predicted molar refractivity (Wildman–Crippen MR) is 81.1 cm³/mol. The van der Waals surface area contributed by atoms with Crippen LogP contribution in [0.5, 0.6) is 0 Å². The Labute approximate surface area is 125 Å². The van der Waals surface area contributed by atoms with E-state index < -0.39 is 0 Å². The minimum Gasteiger partial charge on any atom is -0.351 e. The molecule has 1 unspecified atom stereocenters. The van der Waals surface area contributed by atoms with Crippen molar-refractivity contribution in [3.8, 4) is 0 Å². The molecule has 21 heavy (non-hydrogen) atoms. The summed E-state index contributed by atoms with van der Waals surface area (Å²) in [6, 6.07) is 6.72. The standard InChI is InChI=1S/C16H24FN3O/c1-12(18)13-6-8-20(9-7-13)11-16(21)19-10-14-4-2-3-5-15(14)17/h2-5,12-13H,6-11,18H2,1H3,(H,19,21). The summed E-state index contributed by atoms with van der Waals surface area (Å²) < 4.78 is 13.4. The van der Waals surface area contributed by atoms with E-state index >= 15 is 0 Å². The molecule has 0 aliphatic carbocycles. The number of carbonyl (C=O) groups excluding carboxylic acids is 1. The molecule has 1 aromatic carbocycles. The minimum absolute atomic E-state index is 0.0579. The van der Waals surface area contributed by atoms with Crippen molar-refractivity contribution >= 4 is 5.91 Å². The van der Waals surface area contributed by atoms with Gasteiger partial charge in [-0.05, 0) is 44.8 Å². The lowest BCUT2D eigenvalue weighted by molar-refractivity contribution is -0.122. The van der Waals surface area contributed by atoms with E-state index in [2.05, 4.69) is 10.2 Å². The van der Waals surface area contributed by atoms with Crippen LogP contribution < -0.4 is 11.1 Å². The van der Waals surface area contributed by atoms with E-state index in [1.165, 1.54) is 6.07 Å². The highest BCUT2D eigenvalue weighted by Gasteiger charge is 2.22. The van der Waals surface area contributed by atoms with Crippen molar-refractivity contribution in [1.29, 1.82) is 0 Å². The topological polar surface area (TPSA) is 58.4 Å². The second-order valence-corrected chi connectivity index (χ2v) is 5.84. The molecule has 1 heterocycles. The van der Waals surface area contributed by atoms with Gasteiger partial charge in [-0.15, -0.1) is 0 Å². The van der Waals surface area contributed by atoms with Crippen molar-refractivity contribution in [3.05, 3.63) is 35.6 Å². The second kappa shape index (κ2) is 7.52. The minimum atomic E-state index is -0.282. The van der Waals surface area contributed by atoms with Crippen molar-refractivity contribution in [2.75, 3.05) is 19.6 Å². The van der Waals surface area contributed by atoms with Crippen molar-refractivity contribution < 1.29 is 9.18 Å². The number of benzene rings is 1. The van der Waals surface area contributed by atoms with Crippen LogP contribution in [0.2, 0.25) is 0 Å². The number of nitrogens with two attached hydrogens (primary N) is 1. The van der Waals surface area contributed by atoms with E-state index in [1.807, 2.05) is 6.92 Å². The number of hydrogen-bond acceptors (Lipinski definition) is 3. The number of carbonyl (C=O) groups is 1. The first-order valence-corrected chi connectivity index (χ1v) is 7.54. The van der Waals surface area contributed by atoms with Crippen LogP contribution in [0, 0.1) is 11.7 Å². The predicted octanol–water partition coefficient (Wildman–Crippen LogP) is 1.50. The SMILES string of the molecule is CC(N)C1CCN(CC(=O)NCc2ccccc2F)CC1. The van der Waals surface area contributed by atoms with Gasteiger partial charge in [-0.1, -0.05) is 18.2 Å². The van der Waals surface area contributed by atoms with Gasteiger partial charge in [0.25, 0.3) is 0 Å². The fourth-order valence-electron chi connectivity index (χ4n) is 2.73. The number of hydrogen-bond donors (Lipinski definition) is 2. The molecule has 0 spiro atoms. The summed E-state index contributed by atoms with van der Waals surface area (Å²) in [5.74, 6) is 0.218. The molecule has 1 saturated heterocycles. The van der Waals surface area contributed by atoms with Gasteiger partial charge in [0.2, 0.25) is 5.91 Å². The van der Waals surface area contributed by atoms with Crippen LogP contribution >= 0.6 is 0 Å². The quantitative estimate of drug-likeness (QED) is 0.865. The Bertz CT molecular complexity index is 470. The zero-order valence-electron chi connectivity index (χ0n) is 12.5. The van der Waals surface area contributed by atoms with Gasteiger partial charge >= 0.3 is 0 Å². The Morgan fingerprint density at radius 3 is 2.71 bits per heavy atom. The molecule has 0 bridgehead atoms. The fraction of sp³-hybridized carbons (Fsp3) is 0.562. The van der Waals surface area contributed by atoms with Gasteiger partial charge in [0, 0.05) is 18.2 Å². The molecule has 2 rings (SSSR count). The van der Waals surface area contributed by atoms with Crippen LogP contribution in [-0.4, -0.2) is 36.5 Å². The highest BCUT2D eigenvalue weighted by atomic mass is 19.1. The number of likely N-dealkylation sites (tertiary alicyclic amines) is 1. The molecule has 3 N–H and O–H groups in total. The van der Waals surface area contributed by atoms with Gasteiger partial charge in [-0.3, -0.25) is 9.69 Å². The lowest BCUT2D eigenvalue weighted by Crippen LogP contribution is -2.44. The van der Waals surface area contributed by atoms with Crippen molar-refractivity contribution in [2.45, 2.75) is 32.4 Å². The van der Waals surface area contributed by atoms with Crippen molar-refractivity contribution in [2.24, 2.45) is 11.7 Å². The van der Waals surface area contributed by atoms with Gasteiger partial charge in [0.1, 0.15) is 5.82 Å². The molecule has 1 fully saturated rings. The molecule has 4 nitrogen and oxygen atoms in total. The molecule has 5 heteroatoms. The van der Waals surface area contributed by atoms with Gasteiger partial charge < -0.3 is 11.1 Å². The van der Waals surface area contributed by atoms with Gasteiger partial charge in [-0.25, -0.2) is 4.39 Å². The van der Waals surface area contributed by atoms with Gasteiger partial charge in [0.15, 0.2) is 0 Å². The van der Waals surface area contributed by atoms with Crippen LogP contribution in [0.1, 0.15) is 25.3 Å². The molecule has 1 aliphatic rings. The van der Waals surface area contributed by atoms with Gasteiger partial charge in [-0.2, -0.15) is 0 Å². The molecule has 116 valence electrons. The van der Waals surface area contributed by atoms with Crippen LogP contribution in [0.3, 0.4) is 0 Å². The lowest BCUT2D eigenvalue weighted by Gasteiger charge is -2.33. The van der Waals surface area contributed by atoms with Crippen molar-refractivity contribution in [1.82, 2.24) is 10.2 Å². The van der Waals surface area contributed by atoms with Crippen LogP contribution in [-0.2, 0) is 11.3 Å². The first-order valence-electron chi connectivity index (χ1n) is 7.54. The maximum absolute atomic E-state index is 13.4. The molecule has 0 aromatic heterocycles. The summed E-state index contributed by atoms with van der Waals surface area (Å²) in [4.78, 5) is 14.0. The number of amides is 1. The Kier molecular flexibility index (Phi) is 5.70. The zero-order valence-corrected chi connectivity index (χ0v) is 12.5. The molecule has 1 aromatic rings. The highest BCUT2D eigenvalue weighted by Crippen LogP contribution is 2.19. The molecule has 1 aliphatic heterocycles. The largest absolute Gasteiger partial charge is 0.351 e. The van der Waals surface area contributed by atoms with E-state index in [1.54, 1.807) is 18.2 Å². The van der Waals surface area contributed by atoms with E-state index in [0.717, 1.165) is 25.9 Å². The Balaban J connectivity index is 1.72. The number of nitrogens with zero attached hydrogens (tertiary/aromatic N) is 1. The summed E-state index contributed by atoms with van der Waals surface area (Å²) >= 11 is 0. The Morgan fingerprint density at radius 1 is 1.43 bits per heavy atom. The third-order valence-electron chi connectivity index (χ3n) is 4.18. The van der Waals surface area contributed by atoms with E-state index in [4.69, 9.17) is 5.73 Å². The number of piperidine rings is 1. The monoisotopic (exact) mass is 293 g/mol. The summed E-state index contributed by atoms with van der Waals surface area (Å²) in [7, 11) is 0. The molecular weight excluding hydrogens is 269 g/mol. The first-order chi connectivity index (χ1) is 10.1. The molecular formula is C16H24FN3O. The average molecular weight is 293 g/mol. The van der Waals surface area contributed by atoms with E-state index in [0.29, 0.717) is 18.0 Å². The zero-order chi connectivity index (χ0) is 15.2. The average Bonchev–Trinajstić information content (AvgIpc) is 2.47. The second-order valence-electron chi connectivity index (χ2n) is 5.84. The molecule has 0 radical (unpaired) electrons. The van der Waals surface area contributed by atoms with Crippen molar-refractivity contribution in [3.63, 3.8) is 0 Å². The smallest absolute Gasteiger partial charge is 0.234 e. The number of rotatable bonds is 5. The maximum Gasteiger partial charge on any atom is 0.234 e. The Hall–Kier alpha value is -1.46. The third kappa shape index (κ3) is 4.79. The van der Waals surface area contributed by atoms with Crippen LogP contribution in [0.15, 0.2) is 24.3 Å². The Morgan fingerprint density at radius 2 is 2.10 bits per heavy atom. The maximum atomic E-state index is 13.4. The summed E-state index contributed by atoms with van der Waals surface area (Å²) in [5, 5.41) is 2.78. The normalized spacial score (nSPS) is 18.4. The third-order valence-corrected chi connectivity index (χ3v) is 4.18. The molecule has 0 saturated carbocycles. The first kappa shape index (κ1) is 15.9. The lowest BCUT2D eigenvalue weighted by atomic mass is 9.91. The van der Waals surface area contributed by atoms with Crippen LogP contribution in [0.25, 0.3) is 0 Å². The van der Waals surface area contributed by atoms with E-state index in [9.17, 15) is 9.18 Å². The molecule has 1 atom stereocenters. The molecule has 1 amide bonds. The van der Waals surface area contributed by atoms with Crippen LogP contribution in [0.4, 0.5) is 4.39 Å². The highest BCUT2D eigenvalue weighted by molar-refractivity contribution is 5.78. The number of nitrogens with one attached hydrogen (secondary N) is 1.